The van der Waals surface area contributed by atoms with E-state index in [1.54, 1.807) is 0 Å². The van der Waals surface area contributed by atoms with E-state index < -0.39 is 47.8 Å². The Kier molecular flexibility index (Phi) is 4.65. The van der Waals surface area contributed by atoms with Crippen LogP contribution in [0.2, 0.25) is 0 Å². The highest BCUT2D eigenvalue weighted by Crippen LogP contribution is 2.48. The number of hydrogen-bond acceptors (Lipinski definition) is 1. The van der Waals surface area contributed by atoms with E-state index in [1.807, 2.05) is 0 Å². The van der Waals surface area contributed by atoms with Crippen molar-refractivity contribution < 1.29 is 48.3 Å². The molecule has 0 aromatic carbocycles. The van der Waals surface area contributed by atoms with Gasteiger partial charge in [-0.2, -0.15) is 43.9 Å². The molecule has 0 aliphatic carbocycles. The van der Waals surface area contributed by atoms with Gasteiger partial charge in [0.25, 0.3) is 0 Å². The molecule has 0 amide bonds. The number of nitrogens with zero attached hydrogens (tertiary/aromatic N) is 1. The molecule has 120 valence electrons. The summed E-state index contributed by atoms with van der Waals surface area (Å²) < 4.78 is 136. The molecule has 0 atom stereocenters. The van der Waals surface area contributed by atoms with E-state index in [-0.39, 0.29) is 6.92 Å². The third kappa shape index (κ3) is 3.08. The molecule has 0 heterocycles. The van der Waals surface area contributed by atoms with Crippen LogP contribution in [0, 0.1) is 0 Å². The largest absolute Gasteiger partial charge is 0.475 e. The molecule has 0 radical (unpaired) electrons. The Hall–Kier alpha value is -1.23. The summed E-state index contributed by atoms with van der Waals surface area (Å²) in [5.41, 5.74) is -3.12. The van der Waals surface area contributed by atoms with E-state index in [0.29, 0.717) is 0 Å². The van der Waals surface area contributed by atoms with Crippen LogP contribution in [0.25, 0.3) is 0 Å². The zero-order valence-electron chi connectivity index (χ0n) is 9.60. The summed E-state index contributed by atoms with van der Waals surface area (Å²) in [4.78, 5) is -1.78. The fourth-order valence-electron chi connectivity index (χ4n) is 1.12. The van der Waals surface area contributed by atoms with E-state index >= 15 is 0 Å². The Morgan fingerprint density at radius 2 is 1.10 bits per heavy atom. The topological polar surface area (TPSA) is 3.24 Å². The maximum Gasteiger partial charge on any atom is 0.475 e. The third-order valence-electron chi connectivity index (χ3n) is 2.08. The SMILES string of the molecule is CC(F)=C(N(C)C(F)(F)C(F)(F)F)C(F)(F)C(F)(F)F. The number of halogens is 11. The van der Waals surface area contributed by atoms with Crippen LogP contribution in [0.4, 0.5) is 48.3 Å². The normalized spacial score (nSPS) is 16.1. The molecule has 0 aliphatic rings. The smallest absolute Gasteiger partial charge is 0.304 e. The van der Waals surface area contributed by atoms with Crippen molar-refractivity contribution in [1.82, 2.24) is 4.90 Å². The molecule has 0 saturated carbocycles. The van der Waals surface area contributed by atoms with Gasteiger partial charge < -0.3 is 4.90 Å². The minimum atomic E-state index is -6.55. The minimum Gasteiger partial charge on any atom is -0.304 e. The van der Waals surface area contributed by atoms with Crippen molar-refractivity contribution in [3.05, 3.63) is 11.5 Å². The molecule has 0 saturated heterocycles. The summed E-state index contributed by atoms with van der Waals surface area (Å²) in [6.07, 6.45) is -13.0. The Bertz CT molecular complexity index is 384. The van der Waals surface area contributed by atoms with Gasteiger partial charge in [-0.15, -0.1) is 0 Å². The van der Waals surface area contributed by atoms with E-state index in [4.69, 9.17) is 0 Å². The van der Waals surface area contributed by atoms with Gasteiger partial charge in [-0.25, -0.2) is 4.39 Å². The Labute approximate surface area is 104 Å². The lowest BCUT2D eigenvalue weighted by atomic mass is 10.1. The number of allylic oxidation sites excluding steroid dienone is 2. The first-order valence-electron chi connectivity index (χ1n) is 4.47. The van der Waals surface area contributed by atoms with Crippen LogP contribution in [0.5, 0.6) is 0 Å². The zero-order chi connectivity index (χ0) is 16.7. The Balaban J connectivity index is 6.00. The van der Waals surface area contributed by atoms with Crippen LogP contribution in [0.3, 0.4) is 0 Å². The minimum absolute atomic E-state index is 0.0993. The second-order valence-corrected chi connectivity index (χ2v) is 3.55. The number of rotatable bonds is 3. The van der Waals surface area contributed by atoms with Gasteiger partial charge in [0, 0.05) is 7.05 Å². The van der Waals surface area contributed by atoms with Crippen LogP contribution in [0.15, 0.2) is 11.5 Å². The van der Waals surface area contributed by atoms with Crippen LogP contribution < -0.4 is 0 Å². The zero-order valence-corrected chi connectivity index (χ0v) is 9.60. The van der Waals surface area contributed by atoms with Crippen molar-refractivity contribution in [2.45, 2.75) is 31.2 Å². The Morgan fingerprint density at radius 3 is 1.30 bits per heavy atom. The van der Waals surface area contributed by atoms with Crippen molar-refractivity contribution >= 4 is 0 Å². The predicted molar refractivity (Wildman–Crippen MR) is 43.6 cm³/mol. The van der Waals surface area contributed by atoms with E-state index in [2.05, 4.69) is 0 Å². The summed E-state index contributed by atoms with van der Waals surface area (Å²) >= 11 is 0. The Morgan fingerprint density at radius 1 is 0.750 bits per heavy atom. The lowest BCUT2D eigenvalue weighted by Gasteiger charge is -2.35. The van der Waals surface area contributed by atoms with E-state index in [0.717, 1.165) is 0 Å². The predicted octanol–water partition coefficient (Wildman–Crippen LogP) is 4.47. The van der Waals surface area contributed by atoms with Crippen LogP contribution in [0.1, 0.15) is 6.92 Å². The average molecular weight is 325 g/mol. The quantitative estimate of drug-likeness (QED) is 0.547. The van der Waals surface area contributed by atoms with Gasteiger partial charge in [-0.3, -0.25) is 0 Å². The van der Waals surface area contributed by atoms with Crippen molar-refractivity contribution in [1.29, 1.82) is 0 Å². The second-order valence-electron chi connectivity index (χ2n) is 3.55. The molecule has 0 bridgehead atoms. The molecule has 1 nitrogen and oxygen atoms in total. The molecule has 20 heavy (non-hydrogen) atoms. The summed E-state index contributed by atoms with van der Waals surface area (Å²) in [6.45, 7) is -0.0993. The lowest BCUT2D eigenvalue weighted by Crippen LogP contribution is -2.55. The van der Waals surface area contributed by atoms with E-state index in [9.17, 15) is 48.3 Å². The second kappa shape index (κ2) is 4.95. The maximum absolute atomic E-state index is 12.8. The molecule has 12 heteroatoms. The van der Waals surface area contributed by atoms with Crippen molar-refractivity contribution in [3.8, 4) is 0 Å². The van der Waals surface area contributed by atoms with Gasteiger partial charge in [0.05, 0.1) is 0 Å². The van der Waals surface area contributed by atoms with Gasteiger partial charge in [0.15, 0.2) is 0 Å². The van der Waals surface area contributed by atoms with Crippen molar-refractivity contribution in [2.75, 3.05) is 7.05 Å². The summed E-state index contributed by atoms with van der Waals surface area (Å²) in [6, 6.07) is -6.12. The fraction of sp³-hybridized carbons (Fsp3) is 0.750. The molecule has 0 unspecified atom stereocenters. The van der Waals surface area contributed by atoms with Crippen molar-refractivity contribution in [3.63, 3.8) is 0 Å². The molecule has 0 aromatic heterocycles. The molecule has 0 fully saturated rings. The first kappa shape index (κ1) is 18.8. The maximum atomic E-state index is 12.8. The molecule has 0 aliphatic heterocycles. The number of hydrogen-bond donors (Lipinski definition) is 0. The first-order chi connectivity index (χ1) is 8.48. The van der Waals surface area contributed by atoms with Gasteiger partial charge in [0.2, 0.25) is 0 Å². The first-order valence-corrected chi connectivity index (χ1v) is 4.47. The molecular formula is C8H6F11N. The van der Waals surface area contributed by atoms with E-state index in [1.165, 1.54) is 0 Å². The lowest BCUT2D eigenvalue weighted by molar-refractivity contribution is -0.343. The standard InChI is InChI=1S/C8H6F11N/c1-3(9)4(5(10,11)6(12,13)14)20(2)8(18,19)7(15,16)17/h1-2H3. The summed E-state index contributed by atoms with van der Waals surface area (Å²) in [7, 11) is -0.425. The van der Waals surface area contributed by atoms with Crippen LogP contribution in [-0.4, -0.2) is 36.3 Å². The van der Waals surface area contributed by atoms with Gasteiger partial charge >= 0.3 is 24.3 Å². The summed E-state index contributed by atoms with van der Waals surface area (Å²) in [5, 5.41) is 0. The molecular weight excluding hydrogens is 319 g/mol. The summed E-state index contributed by atoms with van der Waals surface area (Å²) in [5.74, 6) is -8.76. The van der Waals surface area contributed by atoms with Crippen molar-refractivity contribution in [2.24, 2.45) is 0 Å². The molecule has 0 N–H and O–H groups in total. The van der Waals surface area contributed by atoms with Crippen LogP contribution >= 0.6 is 0 Å². The van der Waals surface area contributed by atoms with Gasteiger partial charge in [-0.1, -0.05) is 0 Å². The highest BCUT2D eigenvalue weighted by Gasteiger charge is 2.68. The third-order valence-corrected chi connectivity index (χ3v) is 2.08. The molecule has 0 aromatic rings. The van der Waals surface area contributed by atoms with Gasteiger partial charge in [0.1, 0.15) is 11.5 Å². The van der Waals surface area contributed by atoms with Gasteiger partial charge in [-0.05, 0) is 6.92 Å². The monoisotopic (exact) mass is 325 g/mol. The molecule has 0 spiro atoms. The fourth-order valence-corrected chi connectivity index (χ4v) is 1.12. The van der Waals surface area contributed by atoms with Crippen LogP contribution in [-0.2, 0) is 0 Å². The average Bonchev–Trinajstić information content (AvgIpc) is 2.12. The highest BCUT2D eigenvalue weighted by molar-refractivity contribution is 5.18. The number of alkyl halides is 10. The highest BCUT2D eigenvalue weighted by atomic mass is 19.4. The molecule has 0 rings (SSSR count).